The maximum absolute atomic E-state index is 9.97. The van der Waals surface area contributed by atoms with Gasteiger partial charge in [-0.2, -0.15) is 0 Å². The lowest BCUT2D eigenvalue weighted by Gasteiger charge is -2.09. The number of aliphatic hydroxyl groups is 1. The van der Waals surface area contributed by atoms with Crippen molar-refractivity contribution >= 4 is 23.4 Å². The molecule has 0 amide bonds. The first-order valence-electron chi connectivity index (χ1n) is 5.51. The van der Waals surface area contributed by atoms with Crippen LogP contribution in [0.1, 0.15) is 17.5 Å². The molecule has 0 aliphatic carbocycles. The van der Waals surface area contributed by atoms with Gasteiger partial charge in [-0.15, -0.1) is 11.8 Å². The van der Waals surface area contributed by atoms with Crippen molar-refractivity contribution in [1.82, 2.24) is 9.97 Å². The van der Waals surface area contributed by atoms with E-state index in [1.807, 2.05) is 31.2 Å². The summed E-state index contributed by atoms with van der Waals surface area (Å²) in [4.78, 5) is 9.16. The Labute approximate surface area is 115 Å². The molecule has 0 aliphatic heterocycles. The number of hydrogen-bond donors (Lipinski definition) is 1. The second-order valence-electron chi connectivity index (χ2n) is 3.88. The molecule has 0 bridgehead atoms. The van der Waals surface area contributed by atoms with Crippen molar-refractivity contribution in [2.24, 2.45) is 0 Å². The summed E-state index contributed by atoms with van der Waals surface area (Å²) >= 11 is 7.53. The lowest BCUT2D eigenvalue weighted by Crippen LogP contribution is -2.06. The first kappa shape index (κ1) is 13.3. The molecule has 0 fully saturated rings. The number of nitrogens with zero attached hydrogens (tertiary/aromatic N) is 2. The average Bonchev–Trinajstić information content (AvgIpc) is 2.38. The highest BCUT2D eigenvalue weighted by atomic mass is 35.5. The number of thioether (sulfide) groups is 1. The Morgan fingerprint density at radius 1 is 1.28 bits per heavy atom. The second-order valence-corrected chi connectivity index (χ2v) is 5.34. The Morgan fingerprint density at radius 2 is 1.94 bits per heavy atom. The summed E-state index contributed by atoms with van der Waals surface area (Å²) in [7, 11) is 0. The van der Waals surface area contributed by atoms with E-state index < -0.39 is 6.10 Å². The molecule has 0 saturated heterocycles. The molecule has 0 spiro atoms. The Morgan fingerprint density at radius 3 is 2.61 bits per heavy atom. The van der Waals surface area contributed by atoms with E-state index >= 15 is 0 Å². The number of hydrogen-bond acceptors (Lipinski definition) is 4. The summed E-state index contributed by atoms with van der Waals surface area (Å²) < 4.78 is 0. The predicted octanol–water partition coefficient (Wildman–Crippen LogP) is 3.26. The fourth-order valence-corrected chi connectivity index (χ4v) is 2.55. The number of aromatic nitrogens is 2. The van der Waals surface area contributed by atoms with E-state index in [-0.39, 0.29) is 0 Å². The van der Waals surface area contributed by atoms with Crippen molar-refractivity contribution in [2.75, 3.05) is 5.75 Å². The minimum atomic E-state index is -0.688. The molecular weight excluding hydrogens is 268 g/mol. The molecule has 1 N–H and O–H groups in total. The van der Waals surface area contributed by atoms with Gasteiger partial charge in [0.15, 0.2) is 5.82 Å². The van der Waals surface area contributed by atoms with Gasteiger partial charge in [-0.25, -0.2) is 9.97 Å². The monoisotopic (exact) mass is 280 g/mol. The third kappa shape index (κ3) is 3.45. The fourth-order valence-electron chi connectivity index (χ4n) is 1.38. The normalized spacial score (nSPS) is 12.4. The topological polar surface area (TPSA) is 46.0 Å². The minimum Gasteiger partial charge on any atom is -0.384 e. The quantitative estimate of drug-likeness (QED) is 0.873. The van der Waals surface area contributed by atoms with Crippen molar-refractivity contribution in [3.05, 3.63) is 53.1 Å². The highest BCUT2D eigenvalue weighted by Crippen LogP contribution is 2.29. The third-order valence-corrected chi connectivity index (χ3v) is 3.92. The van der Waals surface area contributed by atoms with Gasteiger partial charge in [-0.1, -0.05) is 23.7 Å². The van der Waals surface area contributed by atoms with Gasteiger partial charge in [-0.3, -0.25) is 0 Å². The van der Waals surface area contributed by atoms with Crippen LogP contribution in [-0.4, -0.2) is 20.8 Å². The number of benzene rings is 1. The Hall–Kier alpha value is -1.10. The molecule has 18 heavy (non-hydrogen) atoms. The van der Waals surface area contributed by atoms with Crippen LogP contribution in [0.2, 0.25) is 5.02 Å². The second kappa shape index (κ2) is 6.18. The number of aliphatic hydroxyl groups excluding tert-OH is 1. The highest BCUT2D eigenvalue weighted by molar-refractivity contribution is 7.99. The minimum absolute atomic E-state index is 0.445. The molecule has 2 rings (SSSR count). The first-order valence-corrected chi connectivity index (χ1v) is 6.87. The smallest absolute Gasteiger partial charge is 0.157 e. The van der Waals surface area contributed by atoms with Gasteiger partial charge >= 0.3 is 0 Å². The van der Waals surface area contributed by atoms with Crippen LogP contribution in [0.3, 0.4) is 0 Å². The SMILES string of the molecule is Cc1cnc(C(O)CSc2ccccc2Cl)nc1. The van der Waals surface area contributed by atoms with E-state index in [9.17, 15) is 5.11 Å². The number of aryl methyl sites for hydroxylation is 1. The van der Waals surface area contributed by atoms with E-state index in [4.69, 9.17) is 11.6 Å². The standard InChI is InChI=1S/C13H13ClN2OS/c1-9-6-15-13(16-7-9)11(17)8-18-12-5-3-2-4-10(12)14/h2-7,11,17H,8H2,1H3. The van der Waals surface area contributed by atoms with Gasteiger partial charge < -0.3 is 5.11 Å². The van der Waals surface area contributed by atoms with Crippen molar-refractivity contribution < 1.29 is 5.11 Å². The Balaban J connectivity index is 1.98. The zero-order valence-corrected chi connectivity index (χ0v) is 11.4. The molecule has 94 valence electrons. The summed E-state index contributed by atoms with van der Waals surface area (Å²) in [5.41, 5.74) is 0.977. The lowest BCUT2D eigenvalue weighted by molar-refractivity contribution is 0.193. The predicted molar refractivity (Wildman–Crippen MR) is 73.9 cm³/mol. The Bertz CT molecular complexity index is 519. The summed E-state index contributed by atoms with van der Waals surface area (Å²) in [5, 5.41) is 10.7. The van der Waals surface area contributed by atoms with Crippen LogP contribution in [0.5, 0.6) is 0 Å². The van der Waals surface area contributed by atoms with E-state index in [1.54, 1.807) is 12.4 Å². The molecule has 1 aromatic carbocycles. The van der Waals surface area contributed by atoms with Crippen LogP contribution in [0.25, 0.3) is 0 Å². The summed E-state index contributed by atoms with van der Waals surface area (Å²) in [6.07, 6.45) is 2.71. The molecule has 2 aromatic rings. The van der Waals surface area contributed by atoms with Crippen LogP contribution in [0, 0.1) is 6.92 Å². The van der Waals surface area contributed by atoms with E-state index in [1.165, 1.54) is 11.8 Å². The molecule has 0 aliphatic rings. The average molecular weight is 281 g/mol. The van der Waals surface area contributed by atoms with E-state index in [0.717, 1.165) is 10.5 Å². The van der Waals surface area contributed by atoms with Crippen molar-refractivity contribution in [3.63, 3.8) is 0 Å². The Kier molecular flexibility index (Phi) is 4.58. The summed E-state index contributed by atoms with van der Waals surface area (Å²) in [5.74, 6) is 0.924. The van der Waals surface area contributed by atoms with Gasteiger partial charge in [0.05, 0.1) is 5.02 Å². The molecule has 5 heteroatoms. The molecule has 0 saturated carbocycles. The first-order chi connectivity index (χ1) is 8.66. The molecular formula is C13H13ClN2OS. The lowest BCUT2D eigenvalue weighted by atomic mass is 10.3. The maximum atomic E-state index is 9.97. The maximum Gasteiger partial charge on any atom is 0.157 e. The van der Waals surface area contributed by atoms with Crippen LogP contribution >= 0.6 is 23.4 Å². The molecule has 1 atom stereocenters. The molecule has 1 heterocycles. The molecule has 1 aromatic heterocycles. The fraction of sp³-hybridized carbons (Fsp3) is 0.231. The summed E-state index contributed by atoms with van der Waals surface area (Å²) in [6.45, 7) is 1.91. The largest absolute Gasteiger partial charge is 0.384 e. The van der Waals surface area contributed by atoms with E-state index in [0.29, 0.717) is 16.6 Å². The highest BCUT2D eigenvalue weighted by Gasteiger charge is 2.11. The van der Waals surface area contributed by atoms with Crippen LogP contribution in [0.4, 0.5) is 0 Å². The number of rotatable bonds is 4. The van der Waals surface area contributed by atoms with Gasteiger partial charge in [-0.05, 0) is 24.6 Å². The van der Waals surface area contributed by atoms with Crippen molar-refractivity contribution in [1.29, 1.82) is 0 Å². The zero-order valence-electron chi connectivity index (χ0n) is 9.88. The van der Waals surface area contributed by atoms with Crippen molar-refractivity contribution in [2.45, 2.75) is 17.9 Å². The van der Waals surface area contributed by atoms with Gasteiger partial charge in [0.1, 0.15) is 6.10 Å². The molecule has 3 nitrogen and oxygen atoms in total. The van der Waals surface area contributed by atoms with Gasteiger partial charge in [0.25, 0.3) is 0 Å². The van der Waals surface area contributed by atoms with Crippen LogP contribution in [0.15, 0.2) is 41.6 Å². The van der Waals surface area contributed by atoms with Crippen LogP contribution in [-0.2, 0) is 0 Å². The van der Waals surface area contributed by atoms with Crippen LogP contribution < -0.4 is 0 Å². The zero-order chi connectivity index (χ0) is 13.0. The van der Waals surface area contributed by atoms with Gasteiger partial charge in [0, 0.05) is 23.0 Å². The third-order valence-electron chi connectivity index (χ3n) is 2.33. The summed E-state index contributed by atoms with van der Waals surface area (Å²) in [6, 6.07) is 7.56. The molecule has 1 unspecified atom stereocenters. The van der Waals surface area contributed by atoms with Gasteiger partial charge in [0.2, 0.25) is 0 Å². The number of halogens is 1. The van der Waals surface area contributed by atoms with E-state index in [2.05, 4.69) is 9.97 Å². The van der Waals surface area contributed by atoms with Crippen molar-refractivity contribution in [3.8, 4) is 0 Å². The molecule has 0 radical (unpaired) electrons.